The summed E-state index contributed by atoms with van der Waals surface area (Å²) in [6.45, 7) is 2.38. The molecule has 194 valence electrons. The summed E-state index contributed by atoms with van der Waals surface area (Å²) in [5.74, 6) is 0.135. The molecular weight excluding hydrogens is 423 g/mol. The summed E-state index contributed by atoms with van der Waals surface area (Å²) in [6.07, 6.45) is 27.3. The molecule has 3 nitrogen and oxygen atoms in total. The predicted octanol–water partition coefficient (Wildman–Crippen LogP) is 9.29. The van der Waals surface area contributed by atoms with E-state index in [-0.39, 0.29) is 12.4 Å². The summed E-state index contributed by atoms with van der Waals surface area (Å²) in [6, 6.07) is 0. The SMILES string of the molecule is CCCCCCCCCCCCCCCCCCOS(=O)(=O)CCCCCCCCCF. The molecule has 0 aliphatic heterocycles. The molecule has 0 aromatic carbocycles. The molecule has 0 spiro atoms. The molecule has 0 heterocycles. The minimum atomic E-state index is -3.35. The van der Waals surface area contributed by atoms with Crippen LogP contribution in [0.5, 0.6) is 0 Å². The molecule has 0 bridgehead atoms. The van der Waals surface area contributed by atoms with Crippen molar-refractivity contribution in [3.63, 3.8) is 0 Å². The Labute approximate surface area is 200 Å². The molecule has 32 heavy (non-hydrogen) atoms. The van der Waals surface area contributed by atoms with Gasteiger partial charge < -0.3 is 0 Å². The first-order chi connectivity index (χ1) is 15.6. The van der Waals surface area contributed by atoms with Crippen molar-refractivity contribution < 1.29 is 17.0 Å². The molecule has 0 aromatic heterocycles. The normalized spacial score (nSPS) is 11.9. The highest BCUT2D eigenvalue weighted by molar-refractivity contribution is 7.86. The van der Waals surface area contributed by atoms with Crippen molar-refractivity contribution >= 4 is 10.1 Å². The molecule has 0 atom stereocenters. The Hall–Kier alpha value is -0.160. The molecule has 0 aliphatic carbocycles. The second kappa shape index (κ2) is 25.5. The summed E-state index contributed by atoms with van der Waals surface area (Å²) in [4.78, 5) is 0. The molecule has 0 unspecified atom stereocenters. The summed E-state index contributed by atoms with van der Waals surface area (Å²) in [7, 11) is -3.35. The Kier molecular flexibility index (Phi) is 25.3. The largest absolute Gasteiger partial charge is 0.270 e. The van der Waals surface area contributed by atoms with Crippen LogP contribution in [0.1, 0.15) is 155 Å². The van der Waals surface area contributed by atoms with E-state index in [2.05, 4.69) is 6.92 Å². The Bertz CT molecular complexity index is 454. The van der Waals surface area contributed by atoms with Gasteiger partial charge in [0, 0.05) is 0 Å². The average Bonchev–Trinajstić information content (AvgIpc) is 2.77. The average molecular weight is 479 g/mol. The molecule has 5 heteroatoms. The van der Waals surface area contributed by atoms with Gasteiger partial charge >= 0.3 is 0 Å². The molecule has 0 amide bonds. The van der Waals surface area contributed by atoms with Gasteiger partial charge in [0.05, 0.1) is 19.0 Å². The fourth-order valence-corrected chi connectivity index (χ4v) is 5.20. The van der Waals surface area contributed by atoms with E-state index in [0.29, 0.717) is 19.4 Å². The lowest BCUT2D eigenvalue weighted by Gasteiger charge is -2.06. The lowest BCUT2D eigenvalue weighted by atomic mass is 10.0. The molecule has 0 saturated heterocycles. The van der Waals surface area contributed by atoms with E-state index in [0.717, 1.165) is 44.9 Å². The van der Waals surface area contributed by atoms with Gasteiger partial charge in [-0.25, -0.2) is 0 Å². The summed E-state index contributed by atoms with van der Waals surface area (Å²) in [5, 5.41) is 0. The van der Waals surface area contributed by atoms with Gasteiger partial charge in [-0.1, -0.05) is 135 Å². The topological polar surface area (TPSA) is 43.4 Å². The van der Waals surface area contributed by atoms with Crippen molar-refractivity contribution in [2.45, 2.75) is 155 Å². The van der Waals surface area contributed by atoms with Crippen LogP contribution in [0.3, 0.4) is 0 Å². The third kappa shape index (κ3) is 26.1. The van der Waals surface area contributed by atoms with Gasteiger partial charge in [0.25, 0.3) is 10.1 Å². The fraction of sp³-hybridized carbons (Fsp3) is 1.00. The molecule has 0 saturated carbocycles. The number of alkyl halides is 1. The van der Waals surface area contributed by atoms with Crippen molar-refractivity contribution in [1.29, 1.82) is 0 Å². The van der Waals surface area contributed by atoms with E-state index in [1.165, 1.54) is 89.9 Å². The second-order valence-electron chi connectivity index (χ2n) is 9.55. The van der Waals surface area contributed by atoms with Crippen molar-refractivity contribution in [2.75, 3.05) is 19.0 Å². The summed E-state index contributed by atoms with van der Waals surface area (Å²) < 4.78 is 40.9. The van der Waals surface area contributed by atoms with Crippen molar-refractivity contribution in [3.8, 4) is 0 Å². The minimum Gasteiger partial charge on any atom is -0.270 e. The van der Waals surface area contributed by atoms with Crippen LogP contribution in [0.4, 0.5) is 4.39 Å². The van der Waals surface area contributed by atoms with Gasteiger partial charge in [0.15, 0.2) is 0 Å². The van der Waals surface area contributed by atoms with Crippen molar-refractivity contribution in [1.82, 2.24) is 0 Å². The molecule has 0 radical (unpaired) electrons. The van der Waals surface area contributed by atoms with E-state index in [1.807, 2.05) is 0 Å². The fourth-order valence-electron chi connectivity index (χ4n) is 4.15. The number of hydrogen-bond acceptors (Lipinski definition) is 3. The first-order valence-electron chi connectivity index (χ1n) is 14.1. The van der Waals surface area contributed by atoms with Gasteiger partial charge in [0.2, 0.25) is 0 Å². The number of halogens is 1. The van der Waals surface area contributed by atoms with Crippen LogP contribution in [0.2, 0.25) is 0 Å². The van der Waals surface area contributed by atoms with Gasteiger partial charge in [-0.15, -0.1) is 0 Å². The maximum atomic E-state index is 12.0. The lowest BCUT2D eigenvalue weighted by molar-refractivity contribution is 0.305. The van der Waals surface area contributed by atoms with Crippen molar-refractivity contribution in [2.24, 2.45) is 0 Å². The standard InChI is InChI=1S/C27H55FO3S/c1-2-3-4-5-6-7-8-9-10-11-12-13-14-17-20-23-26-31-32(29,30)27-24-21-18-15-16-19-22-25-28/h2-27H2,1H3. The van der Waals surface area contributed by atoms with E-state index >= 15 is 0 Å². The zero-order valence-electron chi connectivity index (χ0n) is 21.4. The molecule has 0 fully saturated rings. The molecule has 0 aromatic rings. The summed E-state index contributed by atoms with van der Waals surface area (Å²) >= 11 is 0. The van der Waals surface area contributed by atoms with E-state index in [1.54, 1.807) is 0 Å². The van der Waals surface area contributed by atoms with Crippen LogP contribution >= 0.6 is 0 Å². The molecule has 0 aliphatic rings. The Morgan fingerprint density at radius 3 is 1.25 bits per heavy atom. The number of unbranched alkanes of at least 4 members (excludes halogenated alkanes) is 21. The van der Waals surface area contributed by atoms with E-state index < -0.39 is 10.1 Å². The molecular formula is C27H55FO3S. The van der Waals surface area contributed by atoms with Crippen LogP contribution in [-0.4, -0.2) is 27.5 Å². The second-order valence-corrected chi connectivity index (χ2v) is 11.3. The predicted molar refractivity (Wildman–Crippen MR) is 138 cm³/mol. The zero-order valence-corrected chi connectivity index (χ0v) is 22.2. The first kappa shape index (κ1) is 31.8. The van der Waals surface area contributed by atoms with Crippen LogP contribution in [0, 0.1) is 0 Å². The van der Waals surface area contributed by atoms with Gasteiger partial charge in [-0.2, -0.15) is 8.42 Å². The lowest BCUT2D eigenvalue weighted by Crippen LogP contribution is -2.11. The van der Waals surface area contributed by atoms with Gasteiger partial charge in [-0.05, 0) is 19.3 Å². The molecule has 0 N–H and O–H groups in total. The monoisotopic (exact) mass is 478 g/mol. The van der Waals surface area contributed by atoms with Crippen LogP contribution in [0.25, 0.3) is 0 Å². The van der Waals surface area contributed by atoms with Crippen molar-refractivity contribution in [3.05, 3.63) is 0 Å². The smallest absolute Gasteiger partial charge is 0.267 e. The van der Waals surface area contributed by atoms with Crippen LogP contribution < -0.4 is 0 Å². The Balaban J connectivity index is 3.26. The van der Waals surface area contributed by atoms with Crippen LogP contribution in [-0.2, 0) is 14.3 Å². The first-order valence-corrected chi connectivity index (χ1v) is 15.6. The highest BCUT2D eigenvalue weighted by atomic mass is 32.2. The minimum absolute atomic E-state index is 0.135. The maximum absolute atomic E-state index is 12.0. The third-order valence-corrected chi connectivity index (χ3v) is 7.60. The third-order valence-electron chi connectivity index (χ3n) is 6.29. The summed E-state index contributed by atoms with van der Waals surface area (Å²) in [5.41, 5.74) is 0. The molecule has 0 rings (SSSR count). The van der Waals surface area contributed by atoms with E-state index in [4.69, 9.17) is 4.18 Å². The zero-order chi connectivity index (χ0) is 23.6. The van der Waals surface area contributed by atoms with E-state index in [9.17, 15) is 12.8 Å². The number of hydrogen-bond donors (Lipinski definition) is 0. The van der Waals surface area contributed by atoms with Gasteiger partial charge in [0.1, 0.15) is 0 Å². The van der Waals surface area contributed by atoms with Crippen LogP contribution in [0.15, 0.2) is 0 Å². The van der Waals surface area contributed by atoms with Gasteiger partial charge in [-0.3, -0.25) is 8.57 Å². The number of rotatable bonds is 27. The Morgan fingerprint density at radius 1 is 0.500 bits per heavy atom. The highest BCUT2D eigenvalue weighted by Gasteiger charge is 2.10. The maximum Gasteiger partial charge on any atom is 0.267 e. The quantitative estimate of drug-likeness (QED) is 0.0872. The Morgan fingerprint density at radius 2 is 0.844 bits per heavy atom. The highest BCUT2D eigenvalue weighted by Crippen LogP contribution is 2.14.